The standard InChI is InChI=1S/C33H25ClN4O5S/c1-20-7-14-26-29(17-20)44-31(35-26)22-8-11-24(12-9-22)37-30(39)19-28(33(37)41)36(16-15-21-5-3-2-4-6-21)32(40)23-10-13-25(34)27(18-23)38(42)43/h2-14,17-18,28H,15-16,19H2,1H3. The topological polar surface area (TPSA) is 114 Å². The van der Waals surface area contributed by atoms with Crippen LogP contribution >= 0.6 is 22.9 Å². The smallest absolute Gasteiger partial charge is 0.288 e. The van der Waals surface area contributed by atoms with Crippen LogP contribution in [-0.2, 0) is 16.0 Å². The molecule has 1 aliphatic rings. The van der Waals surface area contributed by atoms with Crippen LogP contribution in [0.4, 0.5) is 11.4 Å². The number of carbonyl (C=O) groups is 3. The first-order chi connectivity index (χ1) is 21.2. The molecule has 1 fully saturated rings. The zero-order chi connectivity index (χ0) is 31.0. The van der Waals surface area contributed by atoms with Crippen LogP contribution in [0.25, 0.3) is 20.8 Å². The second kappa shape index (κ2) is 12.0. The average Bonchev–Trinajstić information content (AvgIpc) is 3.57. The Kier molecular flexibility index (Phi) is 7.94. The van der Waals surface area contributed by atoms with Crippen LogP contribution in [-0.4, -0.2) is 45.1 Å². The highest BCUT2D eigenvalue weighted by Gasteiger charge is 2.44. The summed E-state index contributed by atoms with van der Waals surface area (Å²) < 4.78 is 1.07. The van der Waals surface area contributed by atoms with Crippen molar-refractivity contribution in [3.05, 3.63) is 123 Å². The quantitative estimate of drug-likeness (QED) is 0.106. The van der Waals surface area contributed by atoms with Gasteiger partial charge in [0.25, 0.3) is 17.5 Å². The van der Waals surface area contributed by atoms with Crippen molar-refractivity contribution in [2.24, 2.45) is 0 Å². The molecule has 11 heteroatoms. The molecule has 0 aliphatic carbocycles. The van der Waals surface area contributed by atoms with E-state index in [1.165, 1.54) is 17.0 Å². The van der Waals surface area contributed by atoms with E-state index < -0.39 is 34.4 Å². The number of aryl methyl sites for hydroxylation is 1. The molecule has 2 heterocycles. The summed E-state index contributed by atoms with van der Waals surface area (Å²) in [5.74, 6) is -1.58. The van der Waals surface area contributed by atoms with Gasteiger partial charge in [0.05, 0.1) is 27.2 Å². The monoisotopic (exact) mass is 624 g/mol. The summed E-state index contributed by atoms with van der Waals surface area (Å²) in [4.78, 5) is 58.9. The van der Waals surface area contributed by atoms with Crippen molar-refractivity contribution in [3.8, 4) is 10.6 Å². The lowest BCUT2D eigenvalue weighted by Crippen LogP contribution is -2.46. The molecule has 5 aromatic rings. The number of fused-ring (bicyclic) bond motifs is 1. The minimum absolute atomic E-state index is 0.00300. The zero-order valence-corrected chi connectivity index (χ0v) is 25.0. The highest BCUT2D eigenvalue weighted by atomic mass is 35.5. The van der Waals surface area contributed by atoms with Crippen LogP contribution < -0.4 is 4.90 Å². The van der Waals surface area contributed by atoms with E-state index in [1.807, 2.05) is 61.5 Å². The van der Waals surface area contributed by atoms with Gasteiger partial charge in [0, 0.05) is 23.7 Å². The fraction of sp³-hybridized carbons (Fsp3) is 0.152. The molecule has 1 aromatic heterocycles. The van der Waals surface area contributed by atoms with Crippen molar-refractivity contribution in [3.63, 3.8) is 0 Å². The van der Waals surface area contributed by atoms with Crippen molar-refractivity contribution in [1.82, 2.24) is 9.88 Å². The van der Waals surface area contributed by atoms with Crippen LogP contribution in [0.2, 0.25) is 5.02 Å². The van der Waals surface area contributed by atoms with Gasteiger partial charge in [-0.05, 0) is 73.0 Å². The summed E-state index contributed by atoms with van der Waals surface area (Å²) in [6.45, 7) is 2.15. The number of imide groups is 1. The van der Waals surface area contributed by atoms with Crippen LogP contribution in [0.3, 0.4) is 0 Å². The van der Waals surface area contributed by atoms with Gasteiger partial charge < -0.3 is 4.90 Å². The molecule has 0 spiro atoms. The molecule has 1 atom stereocenters. The lowest BCUT2D eigenvalue weighted by molar-refractivity contribution is -0.384. The van der Waals surface area contributed by atoms with E-state index in [-0.39, 0.29) is 23.6 Å². The van der Waals surface area contributed by atoms with E-state index in [4.69, 9.17) is 16.6 Å². The van der Waals surface area contributed by atoms with Gasteiger partial charge in [-0.15, -0.1) is 11.3 Å². The third-order valence-electron chi connectivity index (χ3n) is 7.55. The van der Waals surface area contributed by atoms with Crippen molar-refractivity contribution in [1.29, 1.82) is 0 Å². The normalized spacial score (nSPS) is 14.8. The van der Waals surface area contributed by atoms with Gasteiger partial charge in [0.1, 0.15) is 16.1 Å². The number of carbonyl (C=O) groups excluding carboxylic acids is 3. The van der Waals surface area contributed by atoms with Gasteiger partial charge in [0.15, 0.2) is 0 Å². The zero-order valence-electron chi connectivity index (χ0n) is 23.5. The Morgan fingerprint density at radius 3 is 2.52 bits per heavy atom. The molecule has 6 rings (SSSR count). The van der Waals surface area contributed by atoms with E-state index in [1.54, 1.807) is 23.5 Å². The fourth-order valence-electron chi connectivity index (χ4n) is 5.28. The number of anilines is 1. The van der Waals surface area contributed by atoms with Gasteiger partial charge in [-0.25, -0.2) is 9.88 Å². The molecule has 44 heavy (non-hydrogen) atoms. The van der Waals surface area contributed by atoms with E-state index in [0.717, 1.165) is 42.9 Å². The Bertz CT molecular complexity index is 1930. The van der Waals surface area contributed by atoms with Gasteiger partial charge in [-0.2, -0.15) is 0 Å². The molecule has 0 N–H and O–H groups in total. The molecule has 1 unspecified atom stereocenters. The van der Waals surface area contributed by atoms with Crippen LogP contribution in [0.5, 0.6) is 0 Å². The Hall–Kier alpha value is -4.93. The number of benzene rings is 4. The predicted molar refractivity (Wildman–Crippen MR) is 170 cm³/mol. The van der Waals surface area contributed by atoms with Gasteiger partial charge in [-0.1, -0.05) is 48.0 Å². The predicted octanol–water partition coefficient (Wildman–Crippen LogP) is 6.85. The van der Waals surface area contributed by atoms with Crippen molar-refractivity contribution >= 4 is 62.3 Å². The third-order valence-corrected chi connectivity index (χ3v) is 8.94. The number of nitro benzene ring substituents is 1. The Morgan fingerprint density at radius 1 is 1.05 bits per heavy atom. The number of hydrogen-bond acceptors (Lipinski definition) is 7. The maximum Gasteiger partial charge on any atom is 0.288 e. The lowest BCUT2D eigenvalue weighted by atomic mass is 10.1. The number of thiazole rings is 1. The summed E-state index contributed by atoms with van der Waals surface area (Å²) in [5, 5.41) is 12.2. The summed E-state index contributed by atoms with van der Waals surface area (Å²) in [6.07, 6.45) is 0.199. The number of nitro groups is 1. The maximum absolute atomic E-state index is 13.8. The number of aromatic nitrogens is 1. The Labute approximate surface area is 261 Å². The first-order valence-corrected chi connectivity index (χ1v) is 15.0. The van der Waals surface area contributed by atoms with Crippen molar-refractivity contribution in [2.75, 3.05) is 11.4 Å². The minimum Gasteiger partial charge on any atom is -0.326 e. The number of halogens is 1. The molecule has 0 radical (unpaired) electrons. The highest BCUT2D eigenvalue weighted by Crippen LogP contribution is 2.34. The highest BCUT2D eigenvalue weighted by molar-refractivity contribution is 7.21. The van der Waals surface area contributed by atoms with Crippen molar-refractivity contribution in [2.45, 2.75) is 25.8 Å². The molecule has 9 nitrogen and oxygen atoms in total. The molecular weight excluding hydrogens is 600 g/mol. The second-order valence-corrected chi connectivity index (χ2v) is 11.9. The van der Waals surface area contributed by atoms with E-state index in [9.17, 15) is 24.5 Å². The molecule has 0 bridgehead atoms. The molecule has 1 saturated heterocycles. The number of rotatable bonds is 8. The third kappa shape index (κ3) is 5.69. The first kappa shape index (κ1) is 29.2. The van der Waals surface area contributed by atoms with E-state index in [2.05, 4.69) is 6.07 Å². The second-order valence-electron chi connectivity index (χ2n) is 10.5. The number of nitrogens with zero attached hydrogens (tertiary/aromatic N) is 4. The van der Waals surface area contributed by atoms with Crippen LogP contribution in [0.15, 0.2) is 91.0 Å². The van der Waals surface area contributed by atoms with Gasteiger partial charge >= 0.3 is 0 Å². The largest absolute Gasteiger partial charge is 0.326 e. The summed E-state index contributed by atoms with van der Waals surface area (Å²) in [6, 6.07) is 25.2. The fourth-order valence-corrected chi connectivity index (χ4v) is 6.54. The first-order valence-electron chi connectivity index (χ1n) is 13.8. The van der Waals surface area contributed by atoms with E-state index in [0.29, 0.717) is 12.1 Å². The molecule has 4 aromatic carbocycles. The van der Waals surface area contributed by atoms with Crippen molar-refractivity contribution < 1.29 is 19.3 Å². The van der Waals surface area contributed by atoms with Gasteiger partial charge in [0.2, 0.25) is 5.91 Å². The van der Waals surface area contributed by atoms with E-state index >= 15 is 0 Å². The molecular formula is C33H25ClN4O5S. The van der Waals surface area contributed by atoms with Crippen LogP contribution in [0, 0.1) is 17.0 Å². The van der Waals surface area contributed by atoms with Gasteiger partial charge in [-0.3, -0.25) is 24.5 Å². The maximum atomic E-state index is 13.8. The minimum atomic E-state index is -1.08. The lowest BCUT2D eigenvalue weighted by Gasteiger charge is -2.28. The average molecular weight is 625 g/mol. The summed E-state index contributed by atoms with van der Waals surface area (Å²) in [7, 11) is 0. The van der Waals surface area contributed by atoms with Crippen LogP contribution in [0.1, 0.15) is 27.9 Å². The molecule has 3 amide bonds. The Morgan fingerprint density at radius 2 is 1.80 bits per heavy atom. The summed E-state index contributed by atoms with van der Waals surface area (Å²) in [5.41, 5.74) is 3.81. The Balaban J connectivity index is 1.28. The number of hydrogen-bond donors (Lipinski definition) is 0. The SMILES string of the molecule is Cc1ccc2nc(-c3ccc(N4C(=O)CC(N(CCc5ccccc5)C(=O)c5ccc(Cl)c([N+](=O)[O-])c5)C4=O)cc3)sc2c1. The number of amides is 3. The molecule has 1 aliphatic heterocycles. The summed E-state index contributed by atoms with van der Waals surface area (Å²) >= 11 is 7.54. The molecule has 220 valence electrons. The molecule has 0 saturated carbocycles.